The molecule has 0 bridgehead atoms. The van der Waals surface area contributed by atoms with Crippen LogP contribution in [0.2, 0.25) is 0 Å². The van der Waals surface area contributed by atoms with Crippen molar-refractivity contribution in [3.8, 4) is 0 Å². The predicted octanol–water partition coefficient (Wildman–Crippen LogP) is 8.85. The van der Waals surface area contributed by atoms with E-state index in [1.807, 2.05) is 61.3 Å². The van der Waals surface area contributed by atoms with Crippen LogP contribution in [-0.2, 0) is 13.0 Å². The molecule has 3 aromatic rings. The molecule has 3 nitrogen and oxygen atoms in total. The number of nitrogens with one attached hydrogen (secondary N) is 1. The van der Waals surface area contributed by atoms with Crippen LogP contribution < -0.4 is 56.7 Å². The molecule has 0 aliphatic carbocycles. The monoisotopic (exact) mass is 662 g/mol. The van der Waals surface area contributed by atoms with E-state index in [9.17, 15) is 0 Å². The molecule has 0 spiro atoms. The number of allylic oxidation sites excluding steroid dienone is 1. The van der Waals surface area contributed by atoms with Crippen molar-refractivity contribution < 1.29 is 56.9 Å². The van der Waals surface area contributed by atoms with E-state index in [1.54, 1.807) is 10.4 Å². The second-order valence-corrected chi connectivity index (χ2v) is 13.1. The van der Waals surface area contributed by atoms with Crippen molar-refractivity contribution in [1.82, 2.24) is 4.90 Å². The SMILES string of the molecule is C/C=C(\Sc1ccccc1C)c1c(C)sc2c1CCN(C)C2.CCCCCCCCC.CNc1cc[c-]cc1.[CH2-]CC.[K+].[OH-]. The van der Waals surface area contributed by atoms with E-state index in [-0.39, 0.29) is 56.9 Å². The van der Waals surface area contributed by atoms with Gasteiger partial charge >= 0.3 is 51.4 Å². The number of thioether (sulfide) groups is 1. The summed E-state index contributed by atoms with van der Waals surface area (Å²) in [5, 5.41) is 3.01. The summed E-state index contributed by atoms with van der Waals surface area (Å²) < 4.78 is 0. The fourth-order valence-corrected chi connectivity index (χ4v) is 7.11. The molecule has 0 fully saturated rings. The van der Waals surface area contributed by atoms with Gasteiger partial charge in [0.25, 0.3) is 0 Å². The fourth-order valence-electron chi connectivity index (χ4n) is 4.62. The first-order valence-electron chi connectivity index (χ1n) is 16.0. The van der Waals surface area contributed by atoms with Crippen LogP contribution in [0.1, 0.15) is 106 Å². The van der Waals surface area contributed by atoms with E-state index in [4.69, 9.17) is 0 Å². The Labute approximate surface area is 322 Å². The Morgan fingerprint density at radius 2 is 1.57 bits per heavy atom. The number of rotatable bonds is 10. The zero-order chi connectivity index (χ0) is 31.2. The van der Waals surface area contributed by atoms with Gasteiger partial charge in [-0.05, 0) is 51.4 Å². The zero-order valence-corrected chi connectivity index (χ0v) is 34.1. The third-order valence-corrected chi connectivity index (χ3v) is 9.43. The number of hydrogen-bond acceptors (Lipinski definition) is 5. The van der Waals surface area contributed by atoms with Gasteiger partial charge in [-0.15, -0.1) is 23.5 Å². The Morgan fingerprint density at radius 1 is 1.00 bits per heavy atom. The van der Waals surface area contributed by atoms with E-state index in [2.05, 4.69) is 95.2 Å². The number of anilines is 1. The molecule has 44 heavy (non-hydrogen) atoms. The molecular formula is C38H59KN2OS2-2. The van der Waals surface area contributed by atoms with Gasteiger partial charge in [-0.3, -0.25) is 0 Å². The Bertz CT molecular complexity index is 1130. The molecule has 0 radical (unpaired) electrons. The van der Waals surface area contributed by atoms with Gasteiger partial charge in [-0.25, -0.2) is 0 Å². The van der Waals surface area contributed by atoms with E-state index < -0.39 is 0 Å². The molecule has 1 aliphatic rings. The molecule has 2 heterocycles. The quantitative estimate of drug-likeness (QED) is 0.102. The second-order valence-electron chi connectivity index (χ2n) is 10.7. The summed E-state index contributed by atoms with van der Waals surface area (Å²) in [6.45, 7) is 18.9. The Kier molecular flexibility index (Phi) is 29.9. The number of hydrogen-bond donors (Lipinski definition) is 1. The van der Waals surface area contributed by atoms with Crippen molar-refractivity contribution in [2.45, 2.75) is 111 Å². The fraction of sp³-hybridized carbons (Fsp3) is 0.500. The smallest absolute Gasteiger partial charge is 0.870 e. The number of aryl methyl sites for hydroxylation is 2. The molecule has 6 heteroatoms. The number of fused-ring (bicyclic) bond motifs is 1. The molecule has 242 valence electrons. The van der Waals surface area contributed by atoms with Gasteiger partial charge in [0.1, 0.15) is 0 Å². The minimum atomic E-state index is 0. The standard InChI is InChI=1S/C19H23NS2.C9H20.C7H8N.C3H7.K.H2O/c1-5-16(22-17-9-7-6-8-13(17)2)19-14(3)21-18-12-20(4)11-10-15(18)19;1-3-5-7-9-8-6-4-2;1-8-7-5-3-2-4-6-7;1-3-2;;/h5-9H,10-12H2,1-4H3;3-9H2,1-2H3;3-6,8H,1H3;1,3H2,2H3;;1H2/q;;2*-1;+1;/p-1/b16-5-;;;;;. The predicted molar refractivity (Wildman–Crippen MR) is 196 cm³/mol. The van der Waals surface area contributed by atoms with E-state index in [1.165, 1.54) is 83.7 Å². The minimum absolute atomic E-state index is 0. The molecule has 1 aliphatic heterocycles. The normalized spacial score (nSPS) is 12.0. The van der Waals surface area contributed by atoms with Gasteiger partial charge in [-0.1, -0.05) is 107 Å². The third-order valence-electron chi connectivity index (χ3n) is 6.96. The first-order valence-corrected chi connectivity index (χ1v) is 17.6. The summed E-state index contributed by atoms with van der Waals surface area (Å²) in [5.41, 5.74) is 5.58. The van der Waals surface area contributed by atoms with Crippen LogP contribution in [-0.4, -0.2) is 31.0 Å². The number of unbranched alkanes of at least 4 members (excludes halogenated alkanes) is 6. The Morgan fingerprint density at radius 3 is 2.07 bits per heavy atom. The number of thiophene rings is 1. The topological polar surface area (TPSA) is 45.3 Å². The van der Waals surface area contributed by atoms with Gasteiger partial charge in [-0.2, -0.15) is 24.6 Å². The van der Waals surface area contributed by atoms with Crippen molar-refractivity contribution in [3.63, 3.8) is 0 Å². The molecule has 2 aromatic carbocycles. The number of nitrogens with zero attached hydrogens (tertiary/aromatic N) is 1. The molecule has 4 rings (SSSR count). The van der Waals surface area contributed by atoms with Crippen LogP contribution in [0.15, 0.2) is 59.5 Å². The molecular weight excluding hydrogens is 604 g/mol. The number of likely N-dealkylation sites (N-methyl/N-ethyl adjacent to an activating group) is 1. The van der Waals surface area contributed by atoms with Crippen LogP contribution in [0.25, 0.3) is 4.91 Å². The average Bonchev–Trinajstić information content (AvgIpc) is 3.32. The van der Waals surface area contributed by atoms with Gasteiger partial charge in [0.2, 0.25) is 0 Å². The first-order chi connectivity index (χ1) is 20.4. The van der Waals surface area contributed by atoms with Crippen molar-refractivity contribution in [2.24, 2.45) is 0 Å². The summed E-state index contributed by atoms with van der Waals surface area (Å²) in [6.07, 6.45) is 14.4. The maximum Gasteiger partial charge on any atom is 1.00 e. The van der Waals surface area contributed by atoms with Crippen molar-refractivity contribution in [3.05, 3.63) is 94.0 Å². The zero-order valence-electron chi connectivity index (χ0n) is 29.4. The Hall–Kier alpha value is -0.414. The van der Waals surface area contributed by atoms with Crippen LogP contribution in [0, 0.1) is 26.8 Å². The van der Waals surface area contributed by atoms with Crippen molar-refractivity contribution in [2.75, 3.05) is 26.0 Å². The van der Waals surface area contributed by atoms with Gasteiger partial charge in [0, 0.05) is 45.3 Å². The minimum Gasteiger partial charge on any atom is -0.870 e. The molecule has 2 N–H and O–H groups in total. The number of benzene rings is 2. The summed E-state index contributed by atoms with van der Waals surface area (Å²) >= 11 is 3.90. The molecule has 0 saturated heterocycles. The first kappa shape index (κ1) is 45.7. The van der Waals surface area contributed by atoms with E-state index in [0.29, 0.717) is 0 Å². The van der Waals surface area contributed by atoms with Crippen LogP contribution in [0.5, 0.6) is 0 Å². The molecule has 0 saturated carbocycles. The van der Waals surface area contributed by atoms with Crippen molar-refractivity contribution in [1.29, 1.82) is 0 Å². The third kappa shape index (κ3) is 18.1. The van der Waals surface area contributed by atoms with Crippen LogP contribution in [0.4, 0.5) is 5.69 Å². The summed E-state index contributed by atoms with van der Waals surface area (Å²) in [5.74, 6) is 0. The maximum absolute atomic E-state index is 3.49. The summed E-state index contributed by atoms with van der Waals surface area (Å²) in [6, 6.07) is 19.3. The summed E-state index contributed by atoms with van der Waals surface area (Å²) in [7, 11) is 4.12. The largest absolute Gasteiger partial charge is 1.00 e. The Balaban J connectivity index is 0. The molecule has 1 aromatic heterocycles. The molecule has 0 unspecified atom stereocenters. The second kappa shape index (κ2) is 28.8. The van der Waals surface area contributed by atoms with E-state index in [0.717, 1.165) is 18.7 Å². The van der Waals surface area contributed by atoms with Crippen LogP contribution in [0.3, 0.4) is 0 Å². The van der Waals surface area contributed by atoms with Gasteiger partial charge in [0.15, 0.2) is 0 Å². The van der Waals surface area contributed by atoms with Crippen molar-refractivity contribution >= 4 is 33.7 Å². The van der Waals surface area contributed by atoms with E-state index >= 15 is 0 Å². The van der Waals surface area contributed by atoms with Gasteiger partial charge in [0.05, 0.1) is 0 Å². The average molecular weight is 663 g/mol. The van der Waals surface area contributed by atoms with Crippen LogP contribution >= 0.6 is 23.1 Å². The van der Waals surface area contributed by atoms with Gasteiger partial charge < -0.3 is 22.6 Å². The molecule has 0 atom stereocenters. The maximum atomic E-state index is 3.49. The molecule has 0 amide bonds. The summed E-state index contributed by atoms with van der Waals surface area (Å²) in [4.78, 5) is 8.23.